The van der Waals surface area contributed by atoms with E-state index in [9.17, 15) is 14.7 Å². The molecule has 0 saturated heterocycles. The summed E-state index contributed by atoms with van der Waals surface area (Å²) >= 11 is 0. The lowest BCUT2D eigenvalue weighted by Crippen LogP contribution is -2.20. The monoisotopic (exact) mass is 269 g/mol. The number of hydrogen-bond acceptors (Lipinski definition) is 4. The molecule has 0 saturated carbocycles. The second kappa shape index (κ2) is 4.45. The summed E-state index contributed by atoms with van der Waals surface area (Å²) in [4.78, 5) is 27.8. The molecule has 0 amide bonds. The molecule has 1 aliphatic heterocycles. The molecule has 3 rings (SSSR count). The number of nitrogens with zero attached hydrogens (tertiary/aromatic N) is 1. The molecule has 1 aromatic carbocycles. The first-order valence-electron chi connectivity index (χ1n) is 6.07. The topological polar surface area (TPSA) is 76.0 Å². The number of allylic oxidation sites excluding steroid dienone is 2. The highest BCUT2D eigenvalue weighted by Crippen LogP contribution is 2.41. The number of hydrogen-bond donors (Lipinski definition) is 1. The van der Waals surface area contributed by atoms with Crippen LogP contribution in [0.4, 0.5) is 5.69 Å². The molecule has 0 radical (unpaired) electrons. The van der Waals surface area contributed by atoms with E-state index in [1.807, 2.05) is 24.3 Å². The molecule has 20 heavy (non-hydrogen) atoms. The highest BCUT2D eigenvalue weighted by Gasteiger charge is 2.34. The van der Waals surface area contributed by atoms with E-state index in [-0.39, 0.29) is 11.1 Å². The Morgan fingerprint density at radius 3 is 2.75 bits per heavy atom. The smallest absolute Gasteiger partial charge is 0.338 e. The van der Waals surface area contributed by atoms with Crippen LogP contribution < -0.4 is 0 Å². The Kier molecular flexibility index (Phi) is 2.75. The van der Waals surface area contributed by atoms with E-state index in [4.69, 9.17) is 0 Å². The lowest BCUT2D eigenvalue weighted by atomic mass is 9.86. The maximum absolute atomic E-state index is 11.8. The number of benzene rings is 1. The summed E-state index contributed by atoms with van der Waals surface area (Å²) in [5.41, 5.74) is 2.73. The van der Waals surface area contributed by atoms with E-state index in [1.165, 1.54) is 7.11 Å². The summed E-state index contributed by atoms with van der Waals surface area (Å²) in [6.07, 6.45) is 1.98. The Morgan fingerprint density at radius 2 is 2.05 bits per heavy atom. The minimum atomic E-state index is -1.15. The minimum Gasteiger partial charge on any atom is -0.478 e. The van der Waals surface area contributed by atoms with Crippen LogP contribution in [0.2, 0.25) is 0 Å². The van der Waals surface area contributed by atoms with E-state index < -0.39 is 11.9 Å². The molecule has 0 fully saturated rings. The van der Waals surface area contributed by atoms with Crippen molar-refractivity contribution in [1.82, 2.24) is 0 Å². The van der Waals surface area contributed by atoms with Gasteiger partial charge >= 0.3 is 11.9 Å². The maximum Gasteiger partial charge on any atom is 0.338 e. The number of rotatable bonds is 2. The van der Waals surface area contributed by atoms with Crippen molar-refractivity contribution in [2.45, 2.75) is 6.42 Å². The van der Waals surface area contributed by atoms with Crippen LogP contribution in [0.1, 0.15) is 12.0 Å². The van der Waals surface area contributed by atoms with Crippen LogP contribution in [0.15, 0.2) is 46.5 Å². The molecule has 1 aliphatic carbocycles. The third-order valence-corrected chi connectivity index (χ3v) is 3.36. The van der Waals surface area contributed by atoms with Gasteiger partial charge in [-0.2, -0.15) is 0 Å². The number of ether oxygens (including phenoxy) is 1. The van der Waals surface area contributed by atoms with E-state index in [0.717, 1.165) is 11.3 Å². The summed E-state index contributed by atoms with van der Waals surface area (Å²) < 4.78 is 4.66. The number of esters is 1. The molecule has 2 aliphatic rings. The van der Waals surface area contributed by atoms with Gasteiger partial charge in [-0.15, -0.1) is 0 Å². The number of carboxylic acids is 1. The number of aliphatic carboxylic acids is 1. The van der Waals surface area contributed by atoms with E-state index in [1.54, 1.807) is 6.08 Å². The average Bonchev–Trinajstić information content (AvgIpc) is 2.83. The number of carbonyl (C=O) groups excluding carboxylic acids is 1. The standard InChI is InChI=1S/C15H11NO4/c1-20-15(19)9-6-7-11-12(13(9)14(17)18)8-4-2-3-5-10(8)16-11/h2-6H,7H2,1H3,(H,17,18). The van der Waals surface area contributed by atoms with Gasteiger partial charge in [0.15, 0.2) is 0 Å². The third-order valence-electron chi connectivity index (χ3n) is 3.36. The number of fused-ring (bicyclic) bond motifs is 3. The highest BCUT2D eigenvalue weighted by molar-refractivity contribution is 6.36. The molecular weight excluding hydrogens is 258 g/mol. The Bertz CT molecular complexity index is 725. The van der Waals surface area contributed by atoms with Crippen molar-refractivity contribution < 1.29 is 19.4 Å². The van der Waals surface area contributed by atoms with Gasteiger partial charge in [0, 0.05) is 17.6 Å². The Labute approximate surface area is 114 Å². The summed E-state index contributed by atoms with van der Waals surface area (Å²) in [6, 6.07) is 7.30. The van der Waals surface area contributed by atoms with Crippen molar-refractivity contribution in [2.75, 3.05) is 7.11 Å². The van der Waals surface area contributed by atoms with Crippen molar-refractivity contribution in [2.24, 2.45) is 4.99 Å². The molecule has 1 aromatic rings. The zero-order valence-electron chi connectivity index (χ0n) is 10.7. The summed E-state index contributed by atoms with van der Waals surface area (Å²) in [5, 5.41) is 9.46. The molecule has 1 N–H and O–H groups in total. The van der Waals surface area contributed by atoms with E-state index in [2.05, 4.69) is 9.73 Å². The second-order valence-electron chi connectivity index (χ2n) is 4.44. The first kappa shape index (κ1) is 12.3. The predicted octanol–water partition coefficient (Wildman–Crippen LogP) is 2.11. The fourth-order valence-corrected chi connectivity index (χ4v) is 2.52. The van der Waals surface area contributed by atoms with Crippen molar-refractivity contribution >= 4 is 28.9 Å². The number of aliphatic imine (C=N–C) groups is 1. The summed E-state index contributed by atoms with van der Waals surface area (Å²) in [6.45, 7) is 0. The molecule has 5 heteroatoms. The molecule has 0 aromatic heterocycles. The van der Waals surface area contributed by atoms with Gasteiger partial charge in [0.2, 0.25) is 0 Å². The zero-order chi connectivity index (χ0) is 14.3. The number of carbonyl (C=O) groups is 2. The lowest BCUT2D eigenvalue weighted by Gasteiger charge is -2.16. The van der Waals surface area contributed by atoms with E-state index >= 15 is 0 Å². The van der Waals surface area contributed by atoms with Crippen LogP contribution in [0, 0.1) is 0 Å². The fourth-order valence-electron chi connectivity index (χ4n) is 2.52. The molecule has 0 unspecified atom stereocenters. The van der Waals surface area contributed by atoms with Crippen LogP contribution in [0.5, 0.6) is 0 Å². The van der Waals surface area contributed by atoms with Crippen LogP contribution >= 0.6 is 0 Å². The number of carboxylic acid groups (broad SMARTS) is 1. The fraction of sp³-hybridized carbons (Fsp3) is 0.133. The van der Waals surface area contributed by atoms with Gasteiger partial charge in [-0.1, -0.05) is 24.3 Å². The Hall–Kier alpha value is -2.69. The Morgan fingerprint density at radius 1 is 1.30 bits per heavy atom. The first-order chi connectivity index (χ1) is 9.63. The van der Waals surface area contributed by atoms with Crippen molar-refractivity contribution in [3.05, 3.63) is 47.1 Å². The molecule has 5 nitrogen and oxygen atoms in total. The van der Waals surface area contributed by atoms with Crippen molar-refractivity contribution in [1.29, 1.82) is 0 Å². The van der Waals surface area contributed by atoms with Gasteiger partial charge in [-0.3, -0.25) is 4.99 Å². The first-order valence-corrected chi connectivity index (χ1v) is 6.07. The summed E-state index contributed by atoms with van der Waals surface area (Å²) in [5.74, 6) is -1.79. The van der Waals surface area contributed by atoms with Gasteiger partial charge in [-0.25, -0.2) is 9.59 Å². The van der Waals surface area contributed by atoms with Gasteiger partial charge in [0.1, 0.15) is 0 Å². The van der Waals surface area contributed by atoms with Crippen LogP contribution in [-0.2, 0) is 14.3 Å². The SMILES string of the molecule is COC(=O)C1=CCC2=Nc3ccccc3C2=C1C(=O)O. The van der Waals surface area contributed by atoms with Gasteiger partial charge in [-0.05, 0) is 6.07 Å². The predicted molar refractivity (Wildman–Crippen MR) is 72.8 cm³/mol. The molecular formula is C15H11NO4. The average molecular weight is 269 g/mol. The highest BCUT2D eigenvalue weighted by atomic mass is 16.5. The largest absolute Gasteiger partial charge is 0.478 e. The van der Waals surface area contributed by atoms with Crippen LogP contribution in [0.25, 0.3) is 5.57 Å². The molecule has 0 spiro atoms. The third kappa shape index (κ3) is 1.67. The normalized spacial score (nSPS) is 16.1. The van der Waals surface area contributed by atoms with Crippen LogP contribution in [0.3, 0.4) is 0 Å². The van der Waals surface area contributed by atoms with E-state index in [0.29, 0.717) is 17.7 Å². The van der Waals surface area contributed by atoms with Crippen LogP contribution in [-0.4, -0.2) is 29.9 Å². The number of para-hydroxylation sites is 1. The van der Waals surface area contributed by atoms with Crippen molar-refractivity contribution in [3.8, 4) is 0 Å². The van der Waals surface area contributed by atoms with Gasteiger partial charge < -0.3 is 9.84 Å². The molecule has 0 atom stereocenters. The number of methoxy groups -OCH3 is 1. The quantitative estimate of drug-likeness (QED) is 0.834. The minimum absolute atomic E-state index is 0.0354. The van der Waals surface area contributed by atoms with Gasteiger partial charge in [0.05, 0.1) is 29.7 Å². The molecule has 0 bridgehead atoms. The molecule has 100 valence electrons. The summed E-state index contributed by atoms with van der Waals surface area (Å²) in [7, 11) is 1.24. The van der Waals surface area contributed by atoms with Gasteiger partial charge in [0.25, 0.3) is 0 Å². The van der Waals surface area contributed by atoms with Crippen molar-refractivity contribution in [3.63, 3.8) is 0 Å². The lowest BCUT2D eigenvalue weighted by molar-refractivity contribution is -0.138. The second-order valence-corrected chi connectivity index (χ2v) is 4.44. The molecule has 1 heterocycles. The Balaban J connectivity index is 2.26. The maximum atomic E-state index is 11.8. The zero-order valence-corrected chi connectivity index (χ0v) is 10.7.